The summed E-state index contributed by atoms with van der Waals surface area (Å²) in [5, 5.41) is 1.03. The molecule has 0 fully saturated rings. The van der Waals surface area contributed by atoms with Crippen LogP contribution in [0, 0.1) is 6.92 Å². The summed E-state index contributed by atoms with van der Waals surface area (Å²) in [6.45, 7) is 2.80. The monoisotopic (exact) mass is 397 g/mol. The van der Waals surface area contributed by atoms with E-state index in [1.54, 1.807) is 24.1 Å². The van der Waals surface area contributed by atoms with Crippen molar-refractivity contribution >= 4 is 16.8 Å². The van der Waals surface area contributed by atoms with Crippen LogP contribution in [0.15, 0.2) is 78.9 Å². The lowest BCUT2D eigenvalue weighted by Gasteiger charge is -2.17. The highest BCUT2D eigenvalue weighted by atomic mass is 16.5. The van der Waals surface area contributed by atoms with Crippen LogP contribution in [0.1, 0.15) is 27.4 Å². The van der Waals surface area contributed by atoms with Gasteiger partial charge in [0.1, 0.15) is 18.2 Å². The van der Waals surface area contributed by atoms with E-state index in [0.29, 0.717) is 24.5 Å². The van der Waals surface area contributed by atoms with E-state index in [0.717, 1.165) is 27.9 Å². The van der Waals surface area contributed by atoms with Crippen LogP contribution in [0.2, 0.25) is 0 Å². The summed E-state index contributed by atoms with van der Waals surface area (Å²) in [4.78, 5) is 23.6. The van der Waals surface area contributed by atoms with Gasteiger partial charge >= 0.3 is 0 Å². The molecule has 30 heavy (non-hydrogen) atoms. The van der Waals surface area contributed by atoms with Crippen LogP contribution < -0.4 is 4.74 Å². The maximum atomic E-state index is 12.8. The van der Waals surface area contributed by atoms with E-state index in [1.165, 1.54) is 0 Å². The van der Waals surface area contributed by atoms with Crippen molar-refractivity contribution in [2.75, 3.05) is 7.05 Å². The Bertz CT molecular complexity index is 1160. The Morgan fingerprint density at radius 1 is 0.900 bits per heavy atom. The molecule has 0 radical (unpaired) electrons. The van der Waals surface area contributed by atoms with Gasteiger partial charge in [-0.15, -0.1) is 0 Å². The first-order valence-corrected chi connectivity index (χ1v) is 9.84. The SMILES string of the molecule is Cc1nc(CN(C)C(=O)c2ccc(OCc3ccccc3)cc2)nc2ccccc12. The van der Waals surface area contributed by atoms with Gasteiger partial charge in [0, 0.05) is 23.7 Å². The van der Waals surface area contributed by atoms with Gasteiger partial charge in [0.15, 0.2) is 0 Å². The van der Waals surface area contributed by atoms with Gasteiger partial charge in [-0.2, -0.15) is 0 Å². The zero-order chi connectivity index (χ0) is 20.9. The van der Waals surface area contributed by atoms with Gasteiger partial charge in [-0.3, -0.25) is 4.79 Å². The maximum Gasteiger partial charge on any atom is 0.254 e. The summed E-state index contributed by atoms with van der Waals surface area (Å²) in [6, 6.07) is 25.1. The Morgan fingerprint density at radius 2 is 1.60 bits per heavy atom. The maximum absolute atomic E-state index is 12.8. The summed E-state index contributed by atoms with van der Waals surface area (Å²) in [5.41, 5.74) is 3.50. The fraction of sp³-hybridized carbons (Fsp3) is 0.160. The number of aryl methyl sites for hydroxylation is 1. The van der Waals surface area contributed by atoms with Crippen LogP contribution in [0.3, 0.4) is 0 Å². The first-order chi connectivity index (χ1) is 14.6. The van der Waals surface area contributed by atoms with Gasteiger partial charge in [0.25, 0.3) is 5.91 Å². The molecular formula is C25H23N3O2. The number of rotatable bonds is 6. The number of fused-ring (bicyclic) bond motifs is 1. The molecule has 5 heteroatoms. The number of hydrogen-bond acceptors (Lipinski definition) is 4. The van der Waals surface area contributed by atoms with Crippen LogP contribution >= 0.6 is 0 Å². The normalized spacial score (nSPS) is 10.7. The second kappa shape index (κ2) is 8.74. The molecule has 150 valence electrons. The zero-order valence-corrected chi connectivity index (χ0v) is 17.1. The second-order valence-corrected chi connectivity index (χ2v) is 7.20. The van der Waals surface area contributed by atoms with Crippen molar-refractivity contribution in [1.82, 2.24) is 14.9 Å². The van der Waals surface area contributed by atoms with Crippen LogP contribution in [0.5, 0.6) is 5.75 Å². The second-order valence-electron chi connectivity index (χ2n) is 7.20. The third-order valence-electron chi connectivity index (χ3n) is 4.91. The summed E-state index contributed by atoms with van der Waals surface area (Å²) in [6.07, 6.45) is 0. The highest BCUT2D eigenvalue weighted by Crippen LogP contribution is 2.17. The molecule has 1 amide bonds. The molecular weight excluding hydrogens is 374 g/mol. The molecule has 5 nitrogen and oxygen atoms in total. The highest BCUT2D eigenvalue weighted by molar-refractivity contribution is 5.94. The molecule has 0 aliphatic carbocycles. The highest BCUT2D eigenvalue weighted by Gasteiger charge is 2.14. The van der Waals surface area contributed by atoms with Gasteiger partial charge in [0.05, 0.1) is 12.1 Å². The van der Waals surface area contributed by atoms with Crippen molar-refractivity contribution in [2.45, 2.75) is 20.1 Å². The average molecular weight is 397 g/mol. The van der Waals surface area contributed by atoms with E-state index in [1.807, 2.05) is 73.7 Å². The van der Waals surface area contributed by atoms with Crippen molar-refractivity contribution in [2.24, 2.45) is 0 Å². The average Bonchev–Trinajstić information content (AvgIpc) is 2.78. The summed E-state index contributed by atoms with van der Waals surface area (Å²) < 4.78 is 5.79. The third kappa shape index (κ3) is 4.46. The van der Waals surface area contributed by atoms with Gasteiger partial charge in [-0.1, -0.05) is 48.5 Å². The Kier molecular flexibility index (Phi) is 5.70. The predicted octanol–water partition coefficient (Wildman–Crippen LogP) is 4.79. The molecule has 0 bridgehead atoms. The number of amides is 1. The summed E-state index contributed by atoms with van der Waals surface area (Å²) >= 11 is 0. The van der Waals surface area contributed by atoms with Gasteiger partial charge in [-0.25, -0.2) is 9.97 Å². The van der Waals surface area contributed by atoms with Crippen molar-refractivity contribution in [3.8, 4) is 5.75 Å². The predicted molar refractivity (Wildman–Crippen MR) is 117 cm³/mol. The molecule has 4 aromatic rings. The largest absolute Gasteiger partial charge is 0.489 e. The number of hydrogen-bond donors (Lipinski definition) is 0. The molecule has 0 atom stereocenters. The molecule has 4 rings (SSSR count). The van der Waals surface area contributed by atoms with Crippen LogP contribution in [-0.4, -0.2) is 27.8 Å². The van der Waals surface area contributed by atoms with Crippen molar-refractivity contribution in [3.05, 3.63) is 102 Å². The Labute approximate surface area is 176 Å². The minimum atomic E-state index is -0.0842. The fourth-order valence-electron chi connectivity index (χ4n) is 3.30. The van der Waals surface area contributed by atoms with Crippen LogP contribution in [0.25, 0.3) is 10.9 Å². The van der Waals surface area contributed by atoms with Gasteiger partial charge < -0.3 is 9.64 Å². The van der Waals surface area contributed by atoms with Gasteiger partial charge in [0.2, 0.25) is 0 Å². The molecule has 0 saturated heterocycles. The number of benzene rings is 3. The summed E-state index contributed by atoms with van der Waals surface area (Å²) in [7, 11) is 1.76. The molecule has 3 aromatic carbocycles. The zero-order valence-electron chi connectivity index (χ0n) is 17.1. The number of para-hydroxylation sites is 1. The van der Waals surface area contributed by atoms with Crippen molar-refractivity contribution in [3.63, 3.8) is 0 Å². The minimum Gasteiger partial charge on any atom is -0.489 e. The van der Waals surface area contributed by atoms with Crippen molar-refractivity contribution < 1.29 is 9.53 Å². The number of carbonyl (C=O) groups excluding carboxylic acids is 1. The molecule has 0 spiro atoms. The first-order valence-electron chi connectivity index (χ1n) is 9.84. The molecule has 0 saturated carbocycles. The van der Waals surface area contributed by atoms with Gasteiger partial charge in [-0.05, 0) is 42.8 Å². The molecule has 0 unspecified atom stereocenters. The van der Waals surface area contributed by atoms with E-state index in [4.69, 9.17) is 4.74 Å². The molecule has 1 aromatic heterocycles. The van der Waals surface area contributed by atoms with E-state index in [2.05, 4.69) is 9.97 Å². The molecule has 1 heterocycles. The Hall–Kier alpha value is -3.73. The quantitative estimate of drug-likeness (QED) is 0.469. The van der Waals surface area contributed by atoms with E-state index in [9.17, 15) is 4.79 Å². The molecule has 0 N–H and O–H groups in total. The lowest BCUT2D eigenvalue weighted by molar-refractivity contribution is 0.0781. The molecule has 0 aliphatic heterocycles. The number of nitrogens with zero attached hydrogens (tertiary/aromatic N) is 3. The minimum absolute atomic E-state index is 0.0842. The molecule has 0 aliphatic rings. The van der Waals surface area contributed by atoms with E-state index in [-0.39, 0.29) is 5.91 Å². The third-order valence-corrected chi connectivity index (χ3v) is 4.91. The Balaban J connectivity index is 1.41. The summed E-state index contributed by atoms with van der Waals surface area (Å²) in [5.74, 6) is 1.27. The topological polar surface area (TPSA) is 55.3 Å². The first kappa shape index (κ1) is 19.6. The number of aromatic nitrogens is 2. The number of carbonyl (C=O) groups is 1. The smallest absolute Gasteiger partial charge is 0.254 e. The van der Waals surface area contributed by atoms with E-state index < -0.39 is 0 Å². The fourth-order valence-corrected chi connectivity index (χ4v) is 3.30. The Morgan fingerprint density at radius 3 is 2.37 bits per heavy atom. The van der Waals surface area contributed by atoms with Crippen LogP contribution in [0.4, 0.5) is 0 Å². The van der Waals surface area contributed by atoms with Crippen molar-refractivity contribution in [1.29, 1.82) is 0 Å². The lowest BCUT2D eigenvalue weighted by atomic mass is 10.2. The number of ether oxygens (including phenoxy) is 1. The van der Waals surface area contributed by atoms with Crippen LogP contribution in [-0.2, 0) is 13.2 Å². The van der Waals surface area contributed by atoms with E-state index >= 15 is 0 Å². The standard InChI is InChI=1S/C25H23N3O2/c1-18-22-10-6-7-11-23(22)27-24(26-18)16-28(2)25(29)20-12-14-21(15-13-20)30-17-19-8-4-3-5-9-19/h3-15H,16-17H2,1-2H3. The lowest BCUT2D eigenvalue weighted by Crippen LogP contribution is -2.27.